The Morgan fingerprint density at radius 2 is 1.75 bits per heavy atom. The predicted molar refractivity (Wildman–Crippen MR) is 115 cm³/mol. The summed E-state index contributed by atoms with van der Waals surface area (Å²) in [6.07, 6.45) is 4.14. The minimum absolute atomic E-state index is 0.149. The van der Waals surface area contributed by atoms with Crippen molar-refractivity contribution in [2.45, 2.75) is 19.8 Å². The molecule has 1 aliphatic rings. The summed E-state index contributed by atoms with van der Waals surface area (Å²) in [5.74, 6) is 0.492. The van der Waals surface area contributed by atoms with Gasteiger partial charge in [-0.05, 0) is 73.9 Å². The van der Waals surface area contributed by atoms with Crippen LogP contribution in [-0.2, 0) is 0 Å². The first-order valence-corrected chi connectivity index (χ1v) is 9.63. The van der Waals surface area contributed by atoms with Crippen LogP contribution in [0.1, 0.15) is 28.8 Å². The number of pyridine rings is 1. The lowest BCUT2D eigenvalue weighted by atomic mass is 10.2. The molecule has 142 valence electrons. The number of rotatable bonds is 5. The van der Waals surface area contributed by atoms with E-state index in [4.69, 9.17) is 0 Å². The van der Waals surface area contributed by atoms with Crippen molar-refractivity contribution in [2.75, 3.05) is 28.6 Å². The van der Waals surface area contributed by atoms with Crippen LogP contribution in [-0.4, -0.2) is 24.0 Å². The Labute approximate surface area is 165 Å². The molecule has 28 heavy (non-hydrogen) atoms. The quantitative estimate of drug-likeness (QED) is 0.663. The largest absolute Gasteiger partial charge is 0.372 e. The number of anilines is 4. The van der Waals surface area contributed by atoms with Crippen LogP contribution >= 0.6 is 0 Å². The fourth-order valence-corrected chi connectivity index (χ4v) is 3.45. The number of hydrogen-bond acceptors (Lipinski definition) is 4. The van der Waals surface area contributed by atoms with Crippen LogP contribution in [0.15, 0.2) is 66.9 Å². The first-order valence-electron chi connectivity index (χ1n) is 9.63. The summed E-state index contributed by atoms with van der Waals surface area (Å²) in [7, 11) is 0. The smallest absolute Gasteiger partial charge is 0.255 e. The van der Waals surface area contributed by atoms with Gasteiger partial charge in [0.2, 0.25) is 0 Å². The molecule has 2 N–H and O–H groups in total. The molecule has 1 aromatic heterocycles. The Bertz CT molecular complexity index is 962. The number of amides is 1. The SMILES string of the molecule is Cc1cccc(Nc2cc(C(=O)Nc3ccc(N4CCCC4)cc3)ccn2)c1. The third-order valence-corrected chi connectivity index (χ3v) is 4.91. The number of hydrogen-bond donors (Lipinski definition) is 2. The molecule has 2 heterocycles. The van der Waals surface area contributed by atoms with Crippen LogP contribution in [0.5, 0.6) is 0 Å². The average molecular weight is 372 g/mol. The van der Waals surface area contributed by atoms with Crippen LogP contribution in [0.4, 0.5) is 22.9 Å². The minimum Gasteiger partial charge on any atom is -0.372 e. The molecular formula is C23H24N4O. The van der Waals surface area contributed by atoms with Gasteiger partial charge < -0.3 is 15.5 Å². The lowest BCUT2D eigenvalue weighted by Gasteiger charge is -2.17. The van der Waals surface area contributed by atoms with Crippen molar-refractivity contribution in [3.63, 3.8) is 0 Å². The molecule has 5 nitrogen and oxygen atoms in total. The van der Waals surface area contributed by atoms with E-state index < -0.39 is 0 Å². The van der Waals surface area contributed by atoms with Crippen molar-refractivity contribution < 1.29 is 4.79 Å². The molecule has 0 radical (unpaired) electrons. The summed E-state index contributed by atoms with van der Waals surface area (Å²) in [6.45, 7) is 4.26. The number of nitrogens with one attached hydrogen (secondary N) is 2. The van der Waals surface area contributed by atoms with E-state index >= 15 is 0 Å². The van der Waals surface area contributed by atoms with E-state index in [1.807, 2.05) is 43.3 Å². The molecule has 0 saturated carbocycles. The molecule has 5 heteroatoms. The zero-order valence-electron chi connectivity index (χ0n) is 16.0. The van der Waals surface area contributed by atoms with Crippen LogP contribution < -0.4 is 15.5 Å². The first kappa shape index (κ1) is 18.0. The molecule has 0 bridgehead atoms. The van der Waals surface area contributed by atoms with E-state index in [0.717, 1.165) is 30.0 Å². The molecular weight excluding hydrogens is 348 g/mol. The van der Waals surface area contributed by atoms with E-state index in [0.29, 0.717) is 11.4 Å². The average Bonchev–Trinajstić information content (AvgIpc) is 3.24. The number of nitrogens with zero attached hydrogens (tertiary/aromatic N) is 2. The lowest BCUT2D eigenvalue weighted by Crippen LogP contribution is -2.17. The summed E-state index contributed by atoms with van der Waals surface area (Å²) in [6, 6.07) is 19.6. The van der Waals surface area contributed by atoms with E-state index in [1.165, 1.54) is 18.5 Å². The highest BCUT2D eigenvalue weighted by Gasteiger charge is 2.12. The van der Waals surface area contributed by atoms with Crippen LogP contribution in [0.3, 0.4) is 0 Å². The standard InChI is InChI=1S/C23H24N4O/c1-17-5-4-6-20(15-17)25-22-16-18(11-12-24-22)23(28)26-19-7-9-21(10-8-19)27-13-2-3-14-27/h4-12,15-16H,2-3,13-14H2,1H3,(H,24,25)(H,26,28). The van der Waals surface area contributed by atoms with Gasteiger partial charge in [-0.3, -0.25) is 4.79 Å². The van der Waals surface area contributed by atoms with E-state index in [1.54, 1.807) is 18.3 Å². The van der Waals surface area contributed by atoms with Crippen molar-refractivity contribution in [3.8, 4) is 0 Å². The maximum Gasteiger partial charge on any atom is 0.255 e. The zero-order chi connectivity index (χ0) is 19.3. The molecule has 0 unspecified atom stereocenters. The molecule has 1 aliphatic heterocycles. The third kappa shape index (κ3) is 4.31. The van der Waals surface area contributed by atoms with Gasteiger partial charge in [-0.15, -0.1) is 0 Å². The molecule has 1 fully saturated rings. The number of benzene rings is 2. The summed E-state index contributed by atoms with van der Waals surface area (Å²) in [5.41, 5.74) is 4.68. The van der Waals surface area contributed by atoms with Gasteiger partial charge in [-0.25, -0.2) is 4.98 Å². The molecule has 0 aliphatic carbocycles. The first-order chi connectivity index (χ1) is 13.7. The van der Waals surface area contributed by atoms with Crippen LogP contribution in [0.2, 0.25) is 0 Å². The van der Waals surface area contributed by atoms with Crippen molar-refractivity contribution >= 4 is 28.8 Å². The fraction of sp³-hybridized carbons (Fsp3) is 0.217. The van der Waals surface area contributed by atoms with E-state index in [-0.39, 0.29) is 5.91 Å². The lowest BCUT2D eigenvalue weighted by molar-refractivity contribution is 0.102. The second-order valence-electron chi connectivity index (χ2n) is 7.12. The topological polar surface area (TPSA) is 57.3 Å². The Balaban J connectivity index is 1.43. The molecule has 4 rings (SSSR count). The van der Waals surface area contributed by atoms with Crippen molar-refractivity contribution in [2.24, 2.45) is 0 Å². The van der Waals surface area contributed by atoms with Gasteiger partial charge >= 0.3 is 0 Å². The minimum atomic E-state index is -0.149. The Kier molecular flexibility index (Phi) is 5.24. The normalized spacial score (nSPS) is 13.4. The van der Waals surface area contributed by atoms with Crippen molar-refractivity contribution in [1.82, 2.24) is 4.98 Å². The Morgan fingerprint density at radius 3 is 2.50 bits per heavy atom. The molecule has 2 aromatic carbocycles. The maximum atomic E-state index is 12.6. The highest BCUT2D eigenvalue weighted by molar-refractivity contribution is 6.04. The number of aryl methyl sites for hydroxylation is 1. The summed E-state index contributed by atoms with van der Waals surface area (Å²) in [4.78, 5) is 19.3. The van der Waals surface area contributed by atoms with Gasteiger partial charge in [-0.1, -0.05) is 12.1 Å². The molecule has 1 saturated heterocycles. The Morgan fingerprint density at radius 1 is 0.964 bits per heavy atom. The molecule has 0 spiro atoms. The van der Waals surface area contributed by atoms with Gasteiger partial charge in [0.1, 0.15) is 5.82 Å². The highest BCUT2D eigenvalue weighted by Crippen LogP contribution is 2.23. The third-order valence-electron chi connectivity index (χ3n) is 4.91. The van der Waals surface area contributed by atoms with Gasteiger partial charge in [0, 0.05) is 41.9 Å². The number of carbonyl (C=O) groups is 1. The molecule has 0 atom stereocenters. The highest BCUT2D eigenvalue weighted by atomic mass is 16.1. The number of aromatic nitrogens is 1. The molecule has 1 amide bonds. The summed E-state index contributed by atoms with van der Waals surface area (Å²) < 4.78 is 0. The van der Waals surface area contributed by atoms with Gasteiger partial charge in [0.15, 0.2) is 0 Å². The van der Waals surface area contributed by atoms with Gasteiger partial charge in [0.05, 0.1) is 0 Å². The van der Waals surface area contributed by atoms with Gasteiger partial charge in [0.25, 0.3) is 5.91 Å². The molecule has 3 aromatic rings. The van der Waals surface area contributed by atoms with E-state index in [9.17, 15) is 4.79 Å². The fourth-order valence-electron chi connectivity index (χ4n) is 3.45. The van der Waals surface area contributed by atoms with Crippen molar-refractivity contribution in [3.05, 3.63) is 78.0 Å². The van der Waals surface area contributed by atoms with Gasteiger partial charge in [-0.2, -0.15) is 0 Å². The van der Waals surface area contributed by atoms with Crippen molar-refractivity contribution in [1.29, 1.82) is 0 Å². The second kappa shape index (κ2) is 8.13. The number of carbonyl (C=O) groups excluding carboxylic acids is 1. The summed E-state index contributed by atoms with van der Waals surface area (Å²) in [5, 5.41) is 6.21. The van der Waals surface area contributed by atoms with Crippen LogP contribution in [0, 0.1) is 6.92 Å². The second-order valence-corrected chi connectivity index (χ2v) is 7.12. The summed E-state index contributed by atoms with van der Waals surface area (Å²) >= 11 is 0. The monoisotopic (exact) mass is 372 g/mol. The zero-order valence-corrected chi connectivity index (χ0v) is 16.0. The van der Waals surface area contributed by atoms with E-state index in [2.05, 4.69) is 32.7 Å². The Hall–Kier alpha value is -3.34. The maximum absolute atomic E-state index is 12.6. The van der Waals surface area contributed by atoms with Crippen LogP contribution in [0.25, 0.3) is 0 Å². The predicted octanol–water partition coefficient (Wildman–Crippen LogP) is 4.99.